The quantitative estimate of drug-likeness (QED) is 0.114. The van der Waals surface area contributed by atoms with Crippen molar-refractivity contribution in [3.8, 4) is 0 Å². The normalized spacial score (nSPS) is 11.2. The summed E-state index contributed by atoms with van der Waals surface area (Å²) >= 11 is 0. The molecule has 0 N–H and O–H groups in total. The Morgan fingerprint density at radius 1 is 0.279 bits per heavy atom. The molecular formula is C54H46CoN6. The summed E-state index contributed by atoms with van der Waals surface area (Å²) in [5.74, 6) is 0. The molecule has 4 heterocycles. The van der Waals surface area contributed by atoms with Crippen molar-refractivity contribution in [3.63, 3.8) is 0 Å². The summed E-state index contributed by atoms with van der Waals surface area (Å²) in [5.41, 5.74) is 6.98. The van der Waals surface area contributed by atoms with Gasteiger partial charge in [-0.1, -0.05) is 121 Å². The molecule has 0 saturated heterocycles. The summed E-state index contributed by atoms with van der Waals surface area (Å²) in [6.07, 6.45) is 7.45. The van der Waals surface area contributed by atoms with Gasteiger partial charge in [0.05, 0.1) is 22.8 Å². The number of hydrogen-bond acceptors (Lipinski definition) is 6. The van der Waals surface area contributed by atoms with Gasteiger partial charge in [-0.2, -0.15) is 0 Å². The molecule has 0 aliphatic rings. The van der Waals surface area contributed by atoms with Crippen molar-refractivity contribution in [2.75, 3.05) is 0 Å². The van der Waals surface area contributed by atoms with Crippen molar-refractivity contribution in [1.29, 1.82) is 0 Å². The zero-order valence-electron chi connectivity index (χ0n) is 33.9. The molecule has 61 heavy (non-hydrogen) atoms. The fourth-order valence-corrected chi connectivity index (χ4v) is 8.22. The predicted octanol–water partition coefficient (Wildman–Crippen LogP) is 12.0. The van der Waals surface area contributed by atoms with E-state index < -0.39 is 0 Å². The number of rotatable bonds is 12. The summed E-state index contributed by atoms with van der Waals surface area (Å²) in [5, 5.41) is 10.4. The minimum atomic E-state index is 0. The molecular weight excluding hydrogens is 792 g/mol. The molecule has 10 aromatic rings. The molecule has 0 aliphatic carbocycles. The first-order chi connectivity index (χ1) is 29.7. The van der Waals surface area contributed by atoms with Crippen LogP contribution < -0.4 is 0 Å². The van der Waals surface area contributed by atoms with Gasteiger partial charge >= 0.3 is 0 Å². The molecule has 10 rings (SSSR count). The van der Waals surface area contributed by atoms with Gasteiger partial charge in [0.2, 0.25) is 0 Å². The zero-order chi connectivity index (χ0) is 40.4. The maximum Gasteiger partial charge on any atom is 0.0544 e. The van der Waals surface area contributed by atoms with Gasteiger partial charge < -0.3 is 0 Å². The molecule has 0 aliphatic heterocycles. The Hall–Kier alpha value is -6.61. The molecule has 6 nitrogen and oxygen atoms in total. The minimum absolute atomic E-state index is 0. The Morgan fingerprint density at radius 2 is 0.525 bits per heavy atom. The molecule has 0 saturated carbocycles. The van der Waals surface area contributed by atoms with E-state index in [9.17, 15) is 0 Å². The topological polar surface area (TPSA) is 58.0 Å². The first-order valence-electron chi connectivity index (χ1n) is 20.6. The van der Waals surface area contributed by atoms with Gasteiger partial charge in [-0.3, -0.25) is 29.7 Å². The minimum Gasteiger partial charge on any atom is -0.287 e. The van der Waals surface area contributed by atoms with Crippen LogP contribution in [0.1, 0.15) is 33.9 Å². The summed E-state index contributed by atoms with van der Waals surface area (Å²) in [6, 6.07) is 63.7. The largest absolute Gasteiger partial charge is 0.287 e. The van der Waals surface area contributed by atoms with E-state index in [0.717, 1.165) is 62.0 Å². The van der Waals surface area contributed by atoms with E-state index in [1.807, 2.05) is 49.1 Å². The van der Waals surface area contributed by atoms with E-state index in [-0.39, 0.29) is 16.8 Å². The summed E-state index contributed by atoms with van der Waals surface area (Å²) in [4.78, 5) is 23.1. The van der Waals surface area contributed by atoms with E-state index in [1.54, 1.807) is 0 Å². The van der Waals surface area contributed by atoms with Gasteiger partial charge in [-0.15, -0.1) is 0 Å². The van der Waals surface area contributed by atoms with E-state index in [2.05, 4.69) is 187 Å². The van der Waals surface area contributed by atoms with Gasteiger partial charge in [0.15, 0.2) is 0 Å². The molecule has 0 unspecified atom stereocenters. The van der Waals surface area contributed by atoms with E-state index in [0.29, 0.717) is 0 Å². The van der Waals surface area contributed by atoms with Crippen LogP contribution >= 0.6 is 0 Å². The molecule has 0 fully saturated rings. The average molecular weight is 838 g/mol. The van der Waals surface area contributed by atoms with Crippen LogP contribution in [0.4, 0.5) is 0 Å². The maximum atomic E-state index is 4.56. The standard InChI is InChI=1S/2C27H23N3.Co/c2*1-3-13-25-21(9-1)17-22-10-2-4-14-26(22)27(25)20-30(18-23-11-5-7-15-28-23)19-24-12-6-8-16-29-24;/h2*1-17H,18-20H2;. The van der Waals surface area contributed by atoms with Crippen LogP contribution in [-0.4, -0.2) is 29.7 Å². The third kappa shape index (κ3) is 10.2. The Kier molecular flexibility index (Phi) is 13.6. The molecule has 6 aromatic carbocycles. The summed E-state index contributed by atoms with van der Waals surface area (Å²) in [7, 11) is 0. The van der Waals surface area contributed by atoms with Crippen molar-refractivity contribution in [1.82, 2.24) is 29.7 Å². The van der Waals surface area contributed by atoms with E-state index in [4.69, 9.17) is 0 Å². The van der Waals surface area contributed by atoms with Gasteiger partial charge in [-0.25, -0.2) is 0 Å². The third-order valence-corrected chi connectivity index (χ3v) is 11.0. The zero-order valence-corrected chi connectivity index (χ0v) is 34.9. The summed E-state index contributed by atoms with van der Waals surface area (Å²) < 4.78 is 0. The van der Waals surface area contributed by atoms with Gasteiger partial charge in [0.1, 0.15) is 0 Å². The Balaban J connectivity index is 0.000000166. The second-order valence-electron chi connectivity index (χ2n) is 15.2. The average Bonchev–Trinajstić information content (AvgIpc) is 3.30. The first-order valence-corrected chi connectivity index (χ1v) is 20.6. The SMILES string of the molecule is [Co].c1ccc(CN(Cc2ccccn2)Cc2c3ccccc3cc3ccccc23)nc1.c1ccc(CN(Cc2ccccn2)Cc2c3ccccc3cc3ccccc23)nc1. The number of hydrogen-bond donors (Lipinski definition) is 0. The van der Waals surface area contributed by atoms with Crippen molar-refractivity contribution in [2.24, 2.45) is 0 Å². The van der Waals surface area contributed by atoms with Crippen LogP contribution in [0.15, 0.2) is 207 Å². The van der Waals surface area contributed by atoms with Crippen molar-refractivity contribution >= 4 is 43.1 Å². The Bertz CT molecular complexity index is 2550. The molecule has 0 amide bonds. The van der Waals surface area contributed by atoms with Crippen molar-refractivity contribution < 1.29 is 16.8 Å². The smallest absolute Gasteiger partial charge is 0.0544 e. The monoisotopic (exact) mass is 837 g/mol. The second-order valence-corrected chi connectivity index (χ2v) is 15.2. The Morgan fingerprint density at radius 3 is 0.770 bits per heavy atom. The molecule has 301 valence electrons. The van der Waals surface area contributed by atoms with Crippen LogP contribution in [0.25, 0.3) is 43.1 Å². The number of aromatic nitrogens is 4. The molecule has 4 aromatic heterocycles. The number of benzene rings is 6. The van der Waals surface area contributed by atoms with Crippen molar-refractivity contribution in [3.05, 3.63) is 241 Å². The van der Waals surface area contributed by atoms with Gasteiger partial charge in [0, 0.05) is 80.8 Å². The van der Waals surface area contributed by atoms with Crippen LogP contribution in [0.3, 0.4) is 0 Å². The second kappa shape index (κ2) is 20.1. The van der Waals surface area contributed by atoms with E-state index >= 15 is 0 Å². The number of pyridine rings is 4. The van der Waals surface area contributed by atoms with Crippen LogP contribution in [0.2, 0.25) is 0 Å². The summed E-state index contributed by atoms with van der Waals surface area (Å²) in [6.45, 7) is 4.75. The molecule has 7 heteroatoms. The van der Waals surface area contributed by atoms with E-state index in [1.165, 1.54) is 54.2 Å². The van der Waals surface area contributed by atoms with Crippen LogP contribution in [0, 0.1) is 0 Å². The maximum absolute atomic E-state index is 4.56. The molecule has 0 spiro atoms. The van der Waals surface area contributed by atoms with Crippen molar-refractivity contribution in [2.45, 2.75) is 39.3 Å². The van der Waals surface area contributed by atoms with Crippen LogP contribution in [-0.2, 0) is 56.0 Å². The Labute approximate surface area is 367 Å². The molecule has 1 radical (unpaired) electrons. The predicted molar refractivity (Wildman–Crippen MR) is 246 cm³/mol. The number of fused-ring (bicyclic) bond motifs is 4. The van der Waals surface area contributed by atoms with Gasteiger partial charge in [0.25, 0.3) is 0 Å². The van der Waals surface area contributed by atoms with Crippen LogP contribution in [0.5, 0.6) is 0 Å². The molecule has 0 atom stereocenters. The third-order valence-electron chi connectivity index (χ3n) is 11.0. The molecule has 0 bridgehead atoms. The fraction of sp³-hybridized carbons (Fsp3) is 0.111. The number of nitrogens with zero attached hydrogens (tertiary/aromatic N) is 6. The first kappa shape index (κ1) is 41.1. The van der Waals surface area contributed by atoms with Gasteiger partial charge in [-0.05, 0) is 115 Å². The fourth-order valence-electron chi connectivity index (χ4n) is 8.22.